The Balaban J connectivity index is 4.48. The van der Waals surface area contributed by atoms with Crippen LogP contribution in [0.2, 0.25) is 0 Å². The fourth-order valence-electron chi connectivity index (χ4n) is 6.27. The highest BCUT2D eigenvalue weighted by molar-refractivity contribution is 5.71. The van der Waals surface area contributed by atoms with Crippen molar-refractivity contribution in [2.45, 2.75) is 226 Å². The Morgan fingerprint density at radius 1 is 0.375 bits per heavy atom. The molecular weight excluding hydrogens is 697 g/mol. The van der Waals surface area contributed by atoms with Gasteiger partial charge in [0.2, 0.25) is 0 Å². The van der Waals surface area contributed by atoms with Crippen molar-refractivity contribution in [1.29, 1.82) is 0 Å². The van der Waals surface area contributed by atoms with Crippen LogP contribution in [0.15, 0.2) is 60.8 Å². The molecule has 0 fully saturated rings. The molecule has 0 aromatic heterocycles. The molecule has 0 saturated carbocycles. The lowest BCUT2D eigenvalue weighted by atomic mass is 10.1. The second kappa shape index (κ2) is 44.8. The number of carbonyl (C=O) groups excluding carboxylic acids is 3. The molecule has 0 radical (unpaired) electrons. The van der Waals surface area contributed by atoms with Gasteiger partial charge in [-0.1, -0.05) is 191 Å². The molecule has 0 aromatic carbocycles. The van der Waals surface area contributed by atoms with Crippen LogP contribution in [-0.4, -0.2) is 37.2 Å². The summed E-state index contributed by atoms with van der Waals surface area (Å²) in [6, 6.07) is 0. The van der Waals surface area contributed by atoms with Crippen molar-refractivity contribution in [1.82, 2.24) is 0 Å². The van der Waals surface area contributed by atoms with Gasteiger partial charge in [-0.05, 0) is 70.6 Å². The second-order valence-corrected chi connectivity index (χ2v) is 15.3. The first-order chi connectivity index (χ1) is 27.5. The van der Waals surface area contributed by atoms with E-state index in [0.717, 1.165) is 83.5 Å². The van der Waals surface area contributed by atoms with E-state index in [1.807, 2.05) is 6.08 Å². The van der Waals surface area contributed by atoms with Gasteiger partial charge in [-0.25, -0.2) is 0 Å². The van der Waals surface area contributed by atoms with Gasteiger partial charge in [0.05, 0.1) is 0 Å². The molecule has 322 valence electrons. The van der Waals surface area contributed by atoms with E-state index < -0.39 is 6.10 Å². The molecule has 0 aromatic rings. The molecule has 0 aliphatic carbocycles. The fourth-order valence-corrected chi connectivity index (χ4v) is 6.27. The SMILES string of the molecule is CC/C=C\C/C=C\C/C=C\CCCCCCC(=O)OCC(COC(=O)CCCCCCCCCCCCC)OC(=O)CC/C=C\C/C=C\CCCCCCCC. The summed E-state index contributed by atoms with van der Waals surface area (Å²) in [4.78, 5) is 37.7. The summed E-state index contributed by atoms with van der Waals surface area (Å²) >= 11 is 0. The first-order valence-corrected chi connectivity index (χ1v) is 23.3. The highest BCUT2D eigenvalue weighted by Crippen LogP contribution is 2.13. The Kier molecular flexibility index (Phi) is 42.5. The van der Waals surface area contributed by atoms with Crippen molar-refractivity contribution in [2.75, 3.05) is 13.2 Å². The quantitative estimate of drug-likeness (QED) is 0.0266. The Morgan fingerprint density at radius 3 is 1.16 bits per heavy atom. The van der Waals surface area contributed by atoms with E-state index in [1.54, 1.807) is 0 Å². The number of esters is 3. The maximum absolute atomic E-state index is 12.7. The van der Waals surface area contributed by atoms with Gasteiger partial charge in [0, 0.05) is 19.3 Å². The topological polar surface area (TPSA) is 78.9 Å². The minimum absolute atomic E-state index is 0.103. The molecule has 0 saturated heterocycles. The molecule has 0 rings (SSSR count). The van der Waals surface area contributed by atoms with Crippen molar-refractivity contribution in [3.8, 4) is 0 Å². The predicted octanol–water partition coefficient (Wildman–Crippen LogP) is 14.9. The summed E-state index contributed by atoms with van der Waals surface area (Å²) < 4.78 is 16.6. The second-order valence-electron chi connectivity index (χ2n) is 15.3. The van der Waals surface area contributed by atoms with Crippen LogP contribution in [0.1, 0.15) is 220 Å². The van der Waals surface area contributed by atoms with Crippen molar-refractivity contribution in [3.05, 3.63) is 60.8 Å². The van der Waals surface area contributed by atoms with E-state index in [2.05, 4.69) is 75.5 Å². The standard InChI is InChI=1S/C50H86O6/c1-4-7-10-13-16-19-22-24-26-28-31-34-37-40-43-49(52)55-46-47(45-54-48(51)42-39-36-33-30-27-21-18-15-12-9-6-3)56-50(53)44-41-38-35-32-29-25-23-20-17-14-11-8-5-2/h7,10,16,19,24-26,29,35,38,47H,4-6,8-9,11-15,17-18,20-23,27-28,30-34,36-37,39-46H2,1-3H3/b10-7-,19-16-,26-24-,29-25-,38-35-. The lowest BCUT2D eigenvalue weighted by Gasteiger charge is -2.18. The third kappa shape index (κ3) is 42.3. The van der Waals surface area contributed by atoms with Crippen LogP contribution in [0.25, 0.3) is 0 Å². The summed E-state index contributed by atoms with van der Waals surface area (Å²) in [5, 5.41) is 0. The lowest BCUT2D eigenvalue weighted by molar-refractivity contribution is -0.166. The third-order valence-electron chi connectivity index (χ3n) is 9.77. The van der Waals surface area contributed by atoms with Gasteiger partial charge in [-0.3, -0.25) is 14.4 Å². The summed E-state index contributed by atoms with van der Waals surface area (Å²) in [5.74, 6) is -0.997. The monoisotopic (exact) mass is 783 g/mol. The van der Waals surface area contributed by atoms with Gasteiger partial charge < -0.3 is 14.2 Å². The van der Waals surface area contributed by atoms with E-state index in [-0.39, 0.29) is 37.5 Å². The predicted molar refractivity (Wildman–Crippen MR) is 238 cm³/mol. The van der Waals surface area contributed by atoms with Crippen LogP contribution in [-0.2, 0) is 28.6 Å². The molecule has 0 N–H and O–H groups in total. The zero-order chi connectivity index (χ0) is 40.8. The average Bonchev–Trinajstić information content (AvgIpc) is 3.19. The number of hydrogen-bond acceptors (Lipinski definition) is 6. The molecule has 1 unspecified atom stereocenters. The summed E-state index contributed by atoms with van der Waals surface area (Å²) in [6.07, 6.45) is 53.6. The largest absolute Gasteiger partial charge is 0.462 e. The zero-order valence-electron chi connectivity index (χ0n) is 36.6. The van der Waals surface area contributed by atoms with Crippen LogP contribution >= 0.6 is 0 Å². The van der Waals surface area contributed by atoms with E-state index in [1.165, 1.54) is 89.9 Å². The minimum atomic E-state index is -0.809. The normalized spacial score (nSPS) is 12.6. The van der Waals surface area contributed by atoms with Crippen molar-refractivity contribution >= 4 is 17.9 Å². The van der Waals surface area contributed by atoms with Crippen molar-refractivity contribution < 1.29 is 28.6 Å². The molecule has 0 spiro atoms. The molecule has 1 atom stereocenters. The zero-order valence-corrected chi connectivity index (χ0v) is 36.6. The minimum Gasteiger partial charge on any atom is -0.462 e. The fraction of sp³-hybridized carbons (Fsp3) is 0.740. The van der Waals surface area contributed by atoms with Crippen LogP contribution in [0, 0.1) is 0 Å². The summed E-state index contributed by atoms with van der Waals surface area (Å²) in [7, 11) is 0. The van der Waals surface area contributed by atoms with Gasteiger partial charge in [-0.2, -0.15) is 0 Å². The Labute approximate surface area is 345 Å². The Morgan fingerprint density at radius 2 is 0.732 bits per heavy atom. The van der Waals surface area contributed by atoms with Crippen molar-refractivity contribution in [2.24, 2.45) is 0 Å². The Bertz CT molecular complexity index is 1040. The van der Waals surface area contributed by atoms with E-state index >= 15 is 0 Å². The number of hydrogen-bond donors (Lipinski definition) is 0. The van der Waals surface area contributed by atoms with E-state index in [9.17, 15) is 14.4 Å². The third-order valence-corrected chi connectivity index (χ3v) is 9.77. The summed E-state index contributed by atoms with van der Waals surface area (Å²) in [5.41, 5.74) is 0. The maximum Gasteiger partial charge on any atom is 0.306 e. The molecule has 0 heterocycles. The van der Waals surface area contributed by atoms with Crippen LogP contribution in [0.4, 0.5) is 0 Å². The van der Waals surface area contributed by atoms with Gasteiger partial charge in [0.25, 0.3) is 0 Å². The average molecular weight is 783 g/mol. The molecule has 56 heavy (non-hydrogen) atoms. The molecule has 6 nitrogen and oxygen atoms in total. The van der Waals surface area contributed by atoms with E-state index in [0.29, 0.717) is 19.3 Å². The number of unbranched alkanes of at least 4 members (excludes halogenated alkanes) is 20. The lowest BCUT2D eigenvalue weighted by Crippen LogP contribution is -2.30. The maximum atomic E-state index is 12.7. The van der Waals surface area contributed by atoms with Crippen LogP contribution in [0.3, 0.4) is 0 Å². The highest BCUT2D eigenvalue weighted by atomic mass is 16.6. The molecule has 6 heteroatoms. The van der Waals surface area contributed by atoms with Crippen molar-refractivity contribution in [3.63, 3.8) is 0 Å². The Hall–Kier alpha value is -2.89. The van der Waals surface area contributed by atoms with Gasteiger partial charge >= 0.3 is 17.9 Å². The first-order valence-electron chi connectivity index (χ1n) is 23.3. The van der Waals surface area contributed by atoms with Crippen LogP contribution < -0.4 is 0 Å². The summed E-state index contributed by atoms with van der Waals surface area (Å²) in [6.45, 7) is 6.43. The van der Waals surface area contributed by atoms with E-state index in [4.69, 9.17) is 14.2 Å². The number of allylic oxidation sites excluding steroid dienone is 10. The smallest absolute Gasteiger partial charge is 0.306 e. The molecule has 0 amide bonds. The van der Waals surface area contributed by atoms with Gasteiger partial charge in [0.1, 0.15) is 13.2 Å². The first kappa shape index (κ1) is 53.1. The molecular formula is C50H86O6. The molecule has 0 bridgehead atoms. The molecule has 0 aliphatic heterocycles. The van der Waals surface area contributed by atoms with Crippen LogP contribution in [0.5, 0.6) is 0 Å². The number of carbonyl (C=O) groups is 3. The highest BCUT2D eigenvalue weighted by Gasteiger charge is 2.19. The number of ether oxygens (including phenoxy) is 3. The van der Waals surface area contributed by atoms with Gasteiger partial charge in [0.15, 0.2) is 6.10 Å². The molecule has 0 aliphatic rings. The number of rotatable bonds is 41. The van der Waals surface area contributed by atoms with Gasteiger partial charge in [-0.15, -0.1) is 0 Å².